The van der Waals surface area contributed by atoms with Crippen molar-refractivity contribution in [2.75, 3.05) is 39.5 Å². The van der Waals surface area contributed by atoms with Crippen LogP contribution in [0, 0.1) is 0 Å². The van der Waals surface area contributed by atoms with Crippen LogP contribution < -0.4 is 15.4 Å². The summed E-state index contributed by atoms with van der Waals surface area (Å²) in [7, 11) is -1.41. The number of halogens is 1. The van der Waals surface area contributed by atoms with E-state index in [9.17, 15) is 8.42 Å². The molecule has 1 rings (SSSR count). The Bertz CT molecular complexity index is 612. The molecule has 0 saturated carbocycles. The quantitative estimate of drug-likeness (QED) is 0.188. The summed E-state index contributed by atoms with van der Waals surface area (Å²) < 4.78 is 30.2. The smallest absolute Gasteiger partial charge is 0.208 e. The van der Waals surface area contributed by atoms with Crippen molar-refractivity contribution in [3.05, 3.63) is 35.9 Å². The molecule has 0 spiro atoms. The highest BCUT2D eigenvalue weighted by Crippen LogP contribution is 2.15. The van der Waals surface area contributed by atoms with Crippen molar-refractivity contribution in [2.24, 2.45) is 4.99 Å². The number of sulfonamides is 1. The van der Waals surface area contributed by atoms with E-state index in [1.54, 1.807) is 7.05 Å². The lowest BCUT2D eigenvalue weighted by Gasteiger charge is -2.15. The van der Waals surface area contributed by atoms with Crippen LogP contribution in [0.4, 0.5) is 0 Å². The minimum atomic E-state index is -3.12. The molecule has 9 heteroatoms. The van der Waals surface area contributed by atoms with Crippen molar-refractivity contribution in [1.82, 2.24) is 15.4 Å². The highest BCUT2D eigenvalue weighted by Gasteiger charge is 2.04. The zero-order valence-electron chi connectivity index (χ0n) is 15.7. The maximum Gasteiger partial charge on any atom is 0.208 e. The summed E-state index contributed by atoms with van der Waals surface area (Å²) in [5.41, 5.74) is 1.18. The van der Waals surface area contributed by atoms with Gasteiger partial charge in [0, 0.05) is 33.3 Å². The molecule has 0 aliphatic carbocycles. The number of hydrogen-bond acceptors (Lipinski definition) is 4. The van der Waals surface area contributed by atoms with Gasteiger partial charge in [-0.25, -0.2) is 13.1 Å². The third-order valence-electron chi connectivity index (χ3n) is 3.48. The molecule has 0 aliphatic rings. The number of hydrogen-bond donors (Lipinski definition) is 3. The number of benzene rings is 1. The summed E-state index contributed by atoms with van der Waals surface area (Å²) in [6.45, 7) is 4.52. The fourth-order valence-corrected chi connectivity index (χ4v) is 2.65. The number of nitrogens with zero attached hydrogens (tertiary/aromatic N) is 1. The SMILES string of the molecule is CN=C(NCCCNS(C)(=O)=O)NCCCOC(C)c1ccccc1.I. The van der Waals surface area contributed by atoms with Crippen molar-refractivity contribution in [3.8, 4) is 0 Å². The van der Waals surface area contributed by atoms with Gasteiger partial charge >= 0.3 is 0 Å². The molecule has 1 aromatic carbocycles. The Hall–Kier alpha value is -0.910. The first-order valence-corrected chi connectivity index (χ1v) is 10.4. The Morgan fingerprint density at radius 1 is 1.12 bits per heavy atom. The molecule has 1 unspecified atom stereocenters. The van der Waals surface area contributed by atoms with Gasteiger partial charge in [-0.05, 0) is 25.3 Å². The number of aliphatic imine (C=N–C) groups is 1. The monoisotopic (exact) mass is 498 g/mol. The highest BCUT2D eigenvalue weighted by atomic mass is 127. The number of nitrogens with one attached hydrogen (secondary N) is 3. The molecular weight excluding hydrogens is 467 g/mol. The van der Waals surface area contributed by atoms with Gasteiger partial charge in [0.15, 0.2) is 5.96 Å². The molecule has 0 heterocycles. The summed E-state index contributed by atoms with van der Waals surface area (Å²) in [6, 6.07) is 10.1. The second-order valence-corrected chi connectivity index (χ2v) is 7.56. The van der Waals surface area contributed by atoms with Crippen molar-refractivity contribution in [2.45, 2.75) is 25.9 Å². The van der Waals surface area contributed by atoms with Gasteiger partial charge in [-0.1, -0.05) is 30.3 Å². The van der Waals surface area contributed by atoms with Crippen LogP contribution in [0.5, 0.6) is 0 Å². The lowest BCUT2D eigenvalue weighted by Crippen LogP contribution is -2.39. The van der Waals surface area contributed by atoms with E-state index in [4.69, 9.17) is 4.74 Å². The lowest BCUT2D eigenvalue weighted by atomic mass is 10.1. The van der Waals surface area contributed by atoms with Crippen LogP contribution in [0.15, 0.2) is 35.3 Å². The van der Waals surface area contributed by atoms with Crippen LogP contribution in [0.2, 0.25) is 0 Å². The summed E-state index contributed by atoms with van der Waals surface area (Å²) in [6.07, 6.45) is 2.79. The fraction of sp³-hybridized carbons (Fsp3) is 0.588. The summed E-state index contributed by atoms with van der Waals surface area (Å²) in [5, 5.41) is 6.35. The van der Waals surface area contributed by atoms with E-state index in [0.29, 0.717) is 32.1 Å². The molecule has 0 aromatic heterocycles. The average Bonchev–Trinajstić information content (AvgIpc) is 2.59. The van der Waals surface area contributed by atoms with Gasteiger partial charge in [0.1, 0.15) is 0 Å². The molecule has 0 bridgehead atoms. The zero-order valence-corrected chi connectivity index (χ0v) is 18.8. The molecule has 7 nitrogen and oxygen atoms in total. The number of rotatable bonds is 11. The molecular formula is C17H31IN4O3S. The minimum Gasteiger partial charge on any atom is -0.374 e. The Labute approximate surface area is 174 Å². The Morgan fingerprint density at radius 2 is 1.73 bits per heavy atom. The normalized spacial score (nSPS) is 13.0. The maximum absolute atomic E-state index is 10.9. The second kappa shape index (κ2) is 14.2. The summed E-state index contributed by atoms with van der Waals surface area (Å²) in [5.74, 6) is 0.704. The minimum absolute atomic E-state index is 0. The Morgan fingerprint density at radius 3 is 2.31 bits per heavy atom. The number of ether oxygens (including phenoxy) is 1. The van der Waals surface area contributed by atoms with Crippen LogP contribution in [0.1, 0.15) is 31.4 Å². The highest BCUT2D eigenvalue weighted by molar-refractivity contribution is 14.0. The van der Waals surface area contributed by atoms with Gasteiger partial charge in [0.25, 0.3) is 0 Å². The van der Waals surface area contributed by atoms with Crippen LogP contribution in [0.3, 0.4) is 0 Å². The Balaban J connectivity index is 0.00000625. The largest absolute Gasteiger partial charge is 0.374 e. The maximum atomic E-state index is 10.9. The predicted molar refractivity (Wildman–Crippen MR) is 118 cm³/mol. The van der Waals surface area contributed by atoms with E-state index in [2.05, 4.69) is 32.5 Å². The summed E-state index contributed by atoms with van der Waals surface area (Å²) in [4.78, 5) is 4.13. The van der Waals surface area contributed by atoms with E-state index in [-0.39, 0.29) is 30.1 Å². The second-order valence-electron chi connectivity index (χ2n) is 5.72. The van der Waals surface area contributed by atoms with Crippen LogP contribution >= 0.6 is 24.0 Å². The third-order valence-corrected chi connectivity index (χ3v) is 4.21. The van der Waals surface area contributed by atoms with Gasteiger partial charge in [-0.3, -0.25) is 4.99 Å². The van der Waals surface area contributed by atoms with Crippen LogP contribution in [-0.2, 0) is 14.8 Å². The van der Waals surface area contributed by atoms with E-state index >= 15 is 0 Å². The van der Waals surface area contributed by atoms with Crippen molar-refractivity contribution < 1.29 is 13.2 Å². The average molecular weight is 498 g/mol. The first-order valence-electron chi connectivity index (χ1n) is 8.48. The van der Waals surface area contributed by atoms with E-state index < -0.39 is 10.0 Å². The molecule has 0 fully saturated rings. The molecule has 0 amide bonds. The molecule has 0 radical (unpaired) electrons. The van der Waals surface area contributed by atoms with Gasteiger partial charge < -0.3 is 15.4 Å². The topological polar surface area (TPSA) is 91.8 Å². The first-order chi connectivity index (χ1) is 11.9. The van der Waals surface area contributed by atoms with E-state index in [1.165, 1.54) is 5.56 Å². The van der Waals surface area contributed by atoms with Crippen molar-refractivity contribution in [3.63, 3.8) is 0 Å². The molecule has 1 aromatic rings. The fourth-order valence-electron chi connectivity index (χ4n) is 2.13. The van der Waals surface area contributed by atoms with Crippen LogP contribution in [-0.4, -0.2) is 53.9 Å². The van der Waals surface area contributed by atoms with Crippen molar-refractivity contribution in [1.29, 1.82) is 0 Å². The summed E-state index contributed by atoms with van der Waals surface area (Å²) >= 11 is 0. The molecule has 0 saturated heterocycles. The zero-order chi connectivity index (χ0) is 18.5. The van der Waals surface area contributed by atoms with Gasteiger partial charge in [0.05, 0.1) is 12.4 Å². The van der Waals surface area contributed by atoms with E-state index in [1.807, 2.05) is 25.1 Å². The third kappa shape index (κ3) is 12.4. The lowest BCUT2D eigenvalue weighted by molar-refractivity contribution is 0.0646. The molecule has 150 valence electrons. The standard InChI is InChI=1S/C17H30N4O3S.HI/c1-15(16-9-5-4-6-10-16)24-14-8-12-20-17(18-2)19-11-7-13-21-25(3,22)23;/h4-6,9-10,15,21H,7-8,11-14H2,1-3H3,(H2,18,19,20);1H. The van der Waals surface area contributed by atoms with Gasteiger partial charge in [-0.2, -0.15) is 0 Å². The number of guanidine groups is 1. The Kier molecular flexibility index (Phi) is 13.7. The molecule has 0 aliphatic heterocycles. The molecule has 3 N–H and O–H groups in total. The van der Waals surface area contributed by atoms with Gasteiger partial charge in [-0.15, -0.1) is 24.0 Å². The molecule has 26 heavy (non-hydrogen) atoms. The predicted octanol–water partition coefficient (Wildman–Crippen LogP) is 1.88. The molecule has 1 atom stereocenters. The van der Waals surface area contributed by atoms with Crippen LogP contribution in [0.25, 0.3) is 0 Å². The van der Waals surface area contributed by atoms with Crippen molar-refractivity contribution >= 4 is 40.0 Å². The van der Waals surface area contributed by atoms with Gasteiger partial charge in [0.2, 0.25) is 10.0 Å². The first kappa shape index (κ1) is 25.1. The van der Waals surface area contributed by atoms with E-state index in [0.717, 1.165) is 19.2 Å².